The van der Waals surface area contributed by atoms with Crippen LogP contribution in [0.15, 0.2) is 109 Å². The predicted octanol–water partition coefficient (Wildman–Crippen LogP) is 10.2. The number of hydrogen-bond donors (Lipinski definition) is 7. The van der Waals surface area contributed by atoms with Crippen LogP contribution in [0, 0.1) is 0 Å². The maximum atomic E-state index is 12.1. The second kappa shape index (κ2) is 58.0. The number of nitrogens with zero attached hydrogens (tertiary/aromatic N) is 5. The number of unbranched alkanes of at least 4 members (excludes halogenated alkanes) is 1. The van der Waals surface area contributed by atoms with Crippen LogP contribution in [0.25, 0.3) is 0 Å². The standard InChI is InChI=1S/C36H53Cl2N3O10.C25H34Cl2N2O3.C20H23Cl2N.C12H12N2O10/c1-41-24-30(29-22-27(37)23-32(38)31(29)25-41)26-5-3-6-28(21-26)39-8-11-48-16-19-51-20-17-49-12-9-40-36(45)35(44)34(43)33(42)7-4-10-47-15-18-50-14-13-46-2;1-29-17-23(22-15-21(26)16-25(27)24(22)18-29)20-6-2-4-19(14-20)5-3-8-30-10-12-32-13-11-31-9-7-28;1-3-4-6-14-7-5-8-15(9-14)18-12-23(2)13-19-17(18)10-16(21)11-20(19)22;15-5-1-2-6(16)13(5)23-11(21)9(19)10(20)12(22)24-14-7(17)3-4-8(14)18/h3,5-6,21-23,30,34-35,39,43-44H,4,7-20,24-25H2,1-2H3,(H,40,45);2,4,6,14-16,23H,3,5,7-13,17-18,28H2,1H3;5,7-11,18H,3-4,6,12-13H2,1-2H3;9-10,19-20H,1-4H2. The summed E-state index contributed by atoms with van der Waals surface area (Å²) in [6.07, 6.45) is -3.56. The number of nitrogens with one attached hydrogen (secondary N) is 2. The van der Waals surface area contributed by atoms with Crippen LogP contribution < -0.4 is 16.4 Å². The summed E-state index contributed by atoms with van der Waals surface area (Å²) in [6.45, 7) is 16.7. The third kappa shape index (κ3) is 35.4. The number of Topliss-reactive ketones (excluding diaryl/α,β-unsaturated/α-hetero) is 1. The Morgan fingerprint density at radius 1 is 0.431 bits per heavy atom. The lowest BCUT2D eigenvalue weighted by Crippen LogP contribution is -2.47. The molecule has 6 aromatic carbocycles. The molecule has 0 aliphatic carbocycles. The molecule has 0 radical (unpaired) electrons. The van der Waals surface area contributed by atoms with E-state index in [4.69, 9.17) is 118 Å². The Labute approximate surface area is 789 Å². The van der Waals surface area contributed by atoms with Crippen LogP contribution in [0.1, 0.15) is 144 Å². The Kier molecular flexibility index (Phi) is 48.1. The fraction of sp³-hybridized carbons (Fsp3) is 0.527. The van der Waals surface area contributed by atoms with E-state index in [1.807, 2.05) is 30.3 Å². The van der Waals surface area contributed by atoms with E-state index in [-0.39, 0.29) is 67.2 Å². The minimum atomic E-state index is -2.51. The number of hydroxylamine groups is 4. The average Bonchev–Trinajstić information content (AvgIpc) is 1.56. The molecule has 6 aromatic rings. The van der Waals surface area contributed by atoms with E-state index in [0.29, 0.717) is 140 Å². The Morgan fingerprint density at radius 3 is 1.20 bits per heavy atom. The maximum Gasteiger partial charge on any atom is 0.364 e. The van der Waals surface area contributed by atoms with Crippen molar-refractivity contribution < 1.29 is 111 Å². The molecule has 714 valence electrons. The van der Waals surface area contributed by atoms with Crippen molar-refractivity contribution in [1.82, 2.24) is 30.1 Å². The average molecular weight is 1930 g/mol. The largest absolute Gasteiger partial charge is 0.383 e. The number of anilines is 1. The van der Waals surface area contributed by atoms with Gasteiger partial charge < -0.3 is 104 Å². The number of aliphatic hydroxyl groups is 4. The van der Waals surface area contributed by atoms with Gasteiger partial charge in [0.05, 0.1) is 99.1 Å². The van der Waals surface area contributed by atoms with Crippen molar-refractivity contribution in [2.24, 2.45) is 5.73 Å². The third-order valence-corrected chi connectivity index (χ3v) is 23.2. The first-order valence-corrected chi connectivity index (χ1v) is 45.9. The highest BCUT2D eigenvalue weighted by molar-refractivity contribution is 6.36. The summed E-state index contributed by atoms with van der Waals surface area (Å²) in [5.74, 6) is -7.36. The van der Waals surface area contributed by atoms with Gasteiger partial charge >= 0.3 is 11.9 Å². The second-order valence-electron chi connectivity index (χ2n) is 31.7. The highest BCUT2D eigenvalue weighted by Gasteiger charge is 2.42. The van der Waals surface area contributed by atoms with Crippen LogP contribution in [0.5, 0.6) is 0 Å². The first-order chi connectivity index (χ1) is 62.6. The van der Waals surface area contributed by atoms with Gasteiger partial charge in [0, 0.05) is 165 Å². The third-order valence-electron chi connectivity index (χ3n) is 21.5. The van der Waals surface area contributed by atoms with Crippen molar-refractivity contribution in [3.63, 3.8) is 0 Å². The Morgan fingerprint density at radius 2 is 0.792 bits per heavy atom. The molecule has 130 heavy (non-hydrogen) atoms. The summed E-state index contributed by atoms with van der Waals surface area (Å²) in [4.78, 5) is 108. The molecule has 7 unspecified atom stereocenters. The highest BCUT2D eigenvalue weighted by Crippen LogP contribution is 2.42. The van der Waals surface area contributed by atoms with Gasteiger partial charge in [0.15, 0.2) is 24.1 Å². The number of likely N-dealkylation sites (N-methyl/N-ethyl adjacent to an activating group) is 3. The van der Waals surface area contributed by atoms with Crippen LogP contribution in [-0.2, 0) is 123 Å². The molecule has 31 nitrogen and oxygen atoms in total. The molecule has 8 N–H and O–H groups in total. The fourth-order valence-electron chi connectivity index (χ4n) is 14.9. The van der Waals surface area contributed by atoms with Crippen LogP contribution in [0.2, 0.25) is 30.1 Å². The molecular weight excluding hydrogens is 1810 g/mol. The number of carbonyl (C=O) groups excluding carboxylic acids is 8. The first-order valence-electron chi connectivity index (χ1n) is 43.6. The normalized spacial score (nSPS) is 17.1. The lowest BCUT2D eigenvalue weighted by atomic mass is 9.84. The fourth-order valence-corrected chi connectivity index (χ4v) is 16.6. The van der Waals surface area contributed by atoms with Gasteiger partial charge in [-0.2, -0.15) is 0 Å². The summed E-state index contributed by atoms with van der Waals surface area (Å²) in [7, 11) is 7.98. The smallest absolute Gasteiger partial charge is 0.364 e. The number of methoxy groups -OCH3 is 1. The second-order valence-corrected chi connectivity index (χ2v) is 34.2. The molecule has 2 saturated heterocycles. The van der Waals surface area contributed by atoms with Crippen molar-refractivity contribution in [3.05, 3.63) is 201 Å². The van der Waals surface area contributed by atoms with E-state index in [1.54, 1.807) is 13.2 Å². The number of aliphatic hydroxyl groups excluding tert-OH is 4. The number of fused-ring (bicyclic) bond motifs is 3. The number of aryl methyl sites for hydroxylation is 2. The van der Waals surface area contributed by atoms with E-state index < -0.39 is 71.7 Å². The zero-order valence-corrected chi connectivity index (χ0v) is 78.8. The maximum absolute atomic E-state index is 12.1. The van der Waals surface area contributed by atoms with E-state index in [2.05, 4.69) is 136 Å². The molecule has 7 atom stereocenters. The molecule has 0 saturated carbocycles. The quantitative estimate of drug-likeness (QED) is 0.0138. The van der Waals surface area contributed by atoms with Gasteiger partial charge in [0.1, 0.15) is 6.10 Å². The molecule has 5 amide bonds. The minimum absolute atomic E-state index is 0.0301. The number of amides is 5. The number of halogens is 6. The van der Waals surface area contributed by atoms with Crippen LogP contribution >= 0.6 is 69.6 Å². The molecule has 5 heterocycles. The minimum Gasteiger partial charge on any atom is -0.383 e. The Hall–Kier alpha value is -7.46. The number of imide groups is 2. The van der Waals surface area contributed by atoms with Crippen molar-refractivity contribution in [2.45, 2.75) is 139 Å². The monoisotopic (exact) mass is 1930 g/mol. The SMILES string of the molecule is CCCCc1cccc(C2CN(C)Cc3c(Cl)cc(Cl)cc32)c1.CN1Cc2c(Cl)cc(Cl)cc2C(c2cccc(CCCOCCOCCOCCN)c2)C1.COCCOCCOCCCC(=O)C(O)C(O)C(=O)NCCOCCOCCOCCNc1cccc(C2CN(C)Cc3c(Cl)cc(Cl)cc32)c1.O=C(ON1C(=O)CCC1=O)C(O)C(O)C(=O)ON1C(=O)CCC1=O. The Bertz CT molecular complexity index is 4540. The predicted molar refractivity (Wildman–Crippen MR) is 492 cm³/mol. The lowest BCUT2D eigenvalue weighted by Gasteiger charge is -2.33. The zero-order valence-electron chi connectivity index (χ0n) is 74.2. The topological polar surface area (TPSA) is 385 Å². The molecule has 37 heteroatoms. The molecular formula is C93H122Cl6N8O23. The number of ketones is 1. The van der Waals surface area contributed by atoms with Gasteiger partial charge in [-0.05, 0) is 163 Å². The molecule has 2 fully saturated rings. The van der Waals surface area contributed by atoms with Gasteiger partial charge in [-0.25, -0.2) is 9.59 Å². The van der Waals surface area contributed by atoms with E-state index in [0.717, 1.165) is 91.5 Å². The number of rotatable bonds is 49. The van der Waals surface area contributed by atoms with Gasteiger partial charge in [0.25, 0.3) is 29.5 Å². The number of ether oxygens (including phenoxy) is 9. The number of hydrogen-bond acceptors (Lipinski definition) is 28. The summed E-state index contributed by atoms with van der Waals surface area (Å²) in [5.41, 5.74) is 20.2. The molecule has 0 aromatic heterocycles. The van der Waals surface area contributed by atoms with E-state index in [9.17, 15) is 58.8 Å². The summed E-state index contributed by atoms with van der Waals surface area (Å²) >= 11 is 38.4. The first kappa shape index (κ1) is 108. The number of nitrogens with two attached hydrogens (primary N) is 1. The summed E-state index contributed by atoms with van der Waals surface area (Å²) < 4.78 is 48.5. The van der Waals surface area contributed by atoms with Crippen molar-refractivity contribution in [1.29, 1.82) is 0 Å². The summed E-state index contributed by atoms with van der Waals surface area (Å²) in [5, 5.41) is 49.5. The molecule has 0 spiro atoms. The van der Waals surface area contributed by atoms with Crippen molar-refractivity contribution in [3.8, 4) is 0 Å². The lowest BCUT2D eigenvalue weighted by molar-refractivity contribution is -0.216. The van der Waals surface area contributed by atoms with Crippen LogP contribution in [-0.4, -0.2) is 297 Å². The summed E-state index contributed by atoms with van der Waals surface area (Å²) in [6, 6.07) is 37.9. The van der Waals surface area contributed by atoms with E-state index in [1.165, 1.54) is 68.5 Å². The van der Waals surface area contributed by atoms with Gasteiger partial charge in [-0.1, -0.05) is 144 Å². The van der Waals surface area contributed by atoms with E-state index >= 15 is 0 Å². The van der Waals surface area contributed by atoms with Crippen molar-refractivity contribution in [2.75, 3.05) is 185 Å². The van der Waals surface area contributed by atoms with Crippen LogP contribution in [0.3, 0.4) is 0 Å². The van der Waals surface area contributed by atoms with Gasteiger partial charge in [0.2, 0.25) is 0 Å². The van der Waals surface area contributed by atoms with Gasteiger partial charge in [-0.3, -0.25) is 28.8 Å². The van der Waals surface area contributed by atoms with Crippen molar-refractivity contribution >= 4 is 123 Å². The molecule has 5 aliphatic rings. The zero-order chi connectivity index (χ0) is 94.0. The van der Waals surface area contributed by atoms with Crippen LogP contribution in [0.4, 0.5) is 5.69 Å². The molecule has 5 aliphatic heterocycles. The Balaban J connectivity index is 0.000000226. The van der Waals surface area contributed by atoms with Gasteiger partial charge in [-0.15, -0.1) is 10.1 Å². The molecule has 0 bridgehead atoms. The molecule has 11 rings (SSSR count). The number of benzene rings is 6. The number of carbonyl (C=O) groups is 8. The highest BCUT2D eigenvalue weighted by atomic mass is 35.5.